The average Bonchev–Trinajstić information content (AvgIpc) is 2.79. The summed E-state index contributed by atoms with van der Waals surface area (Å²) in [7, 11) is 2.60. The van der Waals surface area contributed by atoms with E-state index in [9.17, 15) is 9.59 Å². The number of esters is 2. The van der Waals surface area contributed by atoms with Crippen LogP contribution in [0.1, 0.15) is 11.1 Å². The van der Waals surface area contributed by atoms with Gasteiger partial charge in [-0.2, -0.15) is 0 Å². The Balaban J connectivity index is 2.21. The first-order valence-corrected chi connectivity index (χ1v) is 9.15. The fourth-order valence-electron chi connectivity index (χ4n) is 2.30. The summed E-state index contributed by atoms with van der Waals surface area (Å²) in [6.07, 6.45) is 5.47. The molecule has 0 saturated heterocycles. The van der Waals surface area contributed by atoms with Crippen LogP contribution in [0.25, 0.3) is 0 Å². The molecule has 30 heavy (non-hydrogen) atoms. The van der Waals surface area contributed by atoms with Gasteiger partial charge in [-0.05, 0) is 21.6 Å². The molecule has 0 radical (unpaired) electrons. The minimum absolute atomic E-state index is 0.387. The fraction of sp³-hybridized carbons (Fsp3) is 0.182. The van der Waals surface area contributed by atoms with Gasteiger partial charge in [0, 0.05) is 24.6 Å². The highest BCUT2D eigenvalue weighted by molar-refractivity contribution is 5.81. The van der Waals surface area contributed by atoms with Crippen molar-refractivity contribution < 1.29 is 19.1 Å². The molecule has 156 valence electrons. The highest BCUT2D eigenvalue weighted by atomic mass is 16.5. The standard InChI is InChI=1S/C22H24N4O4/c1-29-21(27)13-15-25(17-19-9-5-3-6-10-19)23-24-26(16-14-22(28)30-2)18-20-11-7-4-8-12-20/h3-16H,17-18H2,1-2H3/b15-13-,16-14-,24-23-. The molecule has 0 heterocycles. The van der Waals surface area contributed by atoms with Crippen molar-refractivity contribution in [2.75, 3.05) is 14.2 Å². The van der Waals surface area contributed by atoms with Crippen LogP contribution in [0.2, 0.25) is 0 Å². The number of benzene rings is 2. The van der Waals surface area contributed by atoms with Gasteiger partial charge in [0.15, 0.2) is 0 Å². The lowest BCUT2D eigenvalue weighted by Gasteiger charge is -2.16. The van der Waals surface area contributed by atoms with E-state index >= 15 is 0 Å². The van der Waals surface area contributed by atoms with E-state index in [0.29, 0.717) is 13.1 Å². The molecule has 2 aromatic rings. The lowest BCUT2D eigenvalue weighted by atomic mass is 10.2. The third-order valence-electron chi connectivity index (χ3n) is 3.81. The number of methoxy groups -OCH3 is 2. The van der Waals surface area contributed by atoms with E-state index in [1.54, 1.807) is 0 Å². The Morgan fingerprint density at radius 1 is 0.733 bits per heavy atom. The summed E-state index contributed by atoms with van der Waals surface area (Å²) in [5, 5.41) is 11.4. The minimum atomic E-state index is -0.505. The zero-order valence-corrected chi connectivity index (χ0v) is 16.9. The lowest BCUT2D eigenvalue weighted by molar-refractivity contribution is -0.135. The van der Waals surface area contributed by atoms with Gasteiger partial charge in [0.05, 0.1) is 27.3 Å². The minimum Gasteiger partial charge on any atom is -0.466 e. The van der Waals surface area contributed by atoms with Crippen molar-refractivity contribution in [2.45, 2.75) is 13.1 Å². The van der Waals surface area contributed by atoms with E-state index in [-0.39, 0.29) is 0 Å². The van der Waals surface area contributed by atoms with Crippen molar-refractivity contribution in [1.29, 1.82) is 0 Å². The maximum atomic E-state index is 11.5. The molecule has 8 nitrogen and oxygen atoms in total. The van der Waals surface area contributed by atoms with Crippen LogP contribution in [0, 0.1) is 0 Å². The topological polar surface area (TPSA) is 83.8 Å². The summed E-state index contributed by atoms with van der Waals surface area (Å²) < 4.78 is 9.27. The Kier molecular flexibility index (Phi) is 9.32. The van der Waals surface area contributed by atoms with Crippen molar-refractivity contribution in [2.24, 2.45) is 10.4 Å². The Bertz CT molecular complexity index is 809. The van der Waals surface area contributed by atoms with Crippen LogP contribution in [0.5, 0.6) is 0 Å². The molecule has 0 aliphatic rings. The van der Waals surface area contributed by atoms with Crippen LogP contribution >= 0.6 is 0 Å². The number of carbonyl (C=O) groups is 2. The summed E-state index contributed by atoms with van der Waals surface area (Å²) in [4.78, 5) is 23.0. The van der Waals surface area contributed by atoms with E-state index in [0.717, 1.165) is 11.1 Å². The number of hydrogen-bond donors (Lipinski definition) is 0. The number of rotatable bonds is 10. The highest BCUT2D eigenvalue weighted by Crippen LogP contribution is 2.10. The van der Waals surface area contributed by atoms with Gasteiger partial charge < -0.3 is 9.47 Å². The number of ether oxygens (including phenoxy) is 2. The molecule has 0 saturated carbocycles. The zero-order chi connectivity index (χ0) is 21.6. The van der Waals surface area contributed by atoms with Gasteiger partial charge in [-0.1, -0.05) is 60.7 Å². The second-order valence-electron chi connectivity index (χ2n) is 6.02. The largest absolute Gasteiger partial charge is 0.466 e. The van der Waals surface area contributed by atoms with Crippen LogP contribution < -0.4 is 0 Å². The summed E-state index contributed by atoms with van der Waals surface area (Å²) in [6, 6.07) is 19.2. The molecule has 0 aromatic heterocycles. The van der Waals surface area contributed by atoms with Gasteiger partial charge in [0.1, 0.15) is 0 Å². The Morgan fingerprint density at radius 3 is 1.43 bits per heavy atom. The second-order valence-corrected chi connectivity index (χ2v) is 6.02. The molecule has 0 spiro atoms. The molecular weight excluding hydrogens is 384 g/mol. The van der Waals surface area contributed by atoms with Crippen LogP contribution in [0.3, 0.4) is 0 Å². The van der Waals surface area contributed by atoms with Gasteiger partial charge in [0.25, 0.3) is 0 Å². The average molecular weight is 408 g/mol. The van der Waals surface area contributed by atoms with Gasteiger partial charge in [-0.3, -0.25) is 0 Å². The van der Waals surface area contributed by atoms with E-state index in [1.165, 1.54) is 48.8 Å². The first-order chi connectivity index (χ1) is 14.6. The maximum Gasteiger partial charge on any atom is 0.332 e. The second kappa shape index (κ2) is 12.5. The normalized spacial score (nSPS) is 11.1. The Hall–Kier alpha value is -3.94. The molecule has 0 N–H and O–H groups in total. The molecule has 8 heteroatoms. The fourth-order valence-corrected chi connectivity index (χ4v) is 2.30. The van der Waals surface area contributed by atoms with E-state index in [1.807, 2.05) is 60.7 Å². The molecule has 2 rings (SSSR count). The first-order valence-electron chi connectivity index (χ1n) is 9.15. The number of hydrogen-bond acceptors (Lipinski definition) is 6. The molecule has 2 aromatic carbocycles. The maximum absolute atomic E-state index is 11.5. The van der Waals surface area contributed by atoms with Crippen molar-refractivity contribution in [1.82, 2.24) is 10.0 Å². The van der Waals surface area contributed by atoms with Crippen LogP contribution in [-0.4, -0.2) is 36.2 Å². The van der Waals surface area contributed by atoms with Crippen LogP contribution in [0.4, 0.5) is 0 Å². The number of nitrogens with zero attached hydrogens (tertiary/aromatic N) is 4. The van der Waals surface area contributed by atoms with Gasteiger partial charge in [0.2, 0.25) is 0 Å². The molecular formula is C22H24N4O4. The van der Waals surface area contributed by atoms with Crippen molar-refractivity contribution >= 4 is 11.9 Å². The van der Waals surface area contributed by atoms with E-state index < -0.39 is 11.9 Å². The van der Waals surface area contributed by atoms with Gasteiger partial charge in [-0.25, -0.2) is 19.6 Å². The predicted octanol–water partition coefficient (Wildman–Crippen LogP) is 3.65. The SMILES string of the molecule is COC(=O)/C=C\N(Cc1ccccc1)/N=N\N(/C=C\C(=O)OC)Cc1ccccc1. The molecule has 0 fully saturated rings. The van der Waals surface area contributed by atoms with E-state index in [2.05, 4.69) is 19.9 Å². The third kappa shape index (κ3) is 8.39. The molecule has 0 bridgehead atoms. The first kappa shape index (κ1) is 22.4. The molecule has 0 aliphatic carbocycles. The van der Waals surface area contributed by atoms with Gasteiger partial charge >= 0.3 is 11.9 Å². The predicted molar refractivity (Wildman–Crippen MR) is 111 cm³/mol. The molecule has 0 atom stereocenters. The van der Waals surface area contributed by atoms with Gasteiger partial charge in [-0.15, -0.1) is 0 Å². The Morgan fingerprint density at radius 2 is 1.10 bits per heavy atom. The van der Waals surface area contributed by atoms with Crippen molar-refractivity contribution in [3.8, 4) is 0 Å². The monoisotopic (exact) mass is 408 g/mol. The molecule has 0 amide bonds. The molecule has 0 unspecified atom stereocenters. The quantitative estimate of drug-likeness (QED) is 0.258. The van der Waals surface area contributed by atoms with Crippen molar-refractivity contribution in [3.05, 3.63) is 96.3 Å². The smallest absolute Gasteiger partial charge is 0.332 e. The lowest BCUT2D eigenvalue weighted by Crippen LogP contribution is -2.14. The van der Waals surface area contributed by atoms with Crippen molar-refractivity contribution in [3.63, 3.8) is 0 Å². The third-order valence-corrected chi connectivity index (χ3v) is 3.81. The molecule has 0 aliphatic heterocycles. The number of carbonyl (C=O) groups excluding carboxylic acids is 2. The summed E-state index contributed by atoms with van der Waals surface area (Å²) in [6.45, 7) is 0.773. The summed E-state index contributed by atoms with van der Waals surface area (Å²) in [5.41, 5.74) is 1.95. The summed E-state index contributed by atoms with van der Waals surface area (Å²) in [5.74, 6) is -1.01. The zero-order valence-electron chi connectivity index (χ0n) is 16.9. The van der Waals surface area contributed by atoms with E-state index in [4.69, 9.17) is 0 Å². The summed E-state index contributed by atoms with van der Waals surface area (Å²) >= 11 is 0. The highest BCUT2D eigenvalue weighted by Gasteiger charge is 2.05. The Labute approximate surface area is 175 Å². The van der Waals surface area contributed by atoms with Crippen LogP contribution in [0.15, 0.2) is 95.7 Å². The van der Waals surface area contributed by atoms with Crippen LogP contribution in [-0.2, 0) is 32.2 Å².